The molecule has 0 fully saturated rings. The van der Waals surface area contributed by atoms with Crippen LogP contribution in [-0.4, -0.2) is 4.98 Å². The Morgan fingerprint density at radius 1 is 1.08 bits per heavy atom. The topological polar surface area (TPSA) is 12.9 Å². The van der Waals surface area contributed by atoms with Gasteiger partial charge in [-0.2, -0.15) is 0 Å². The van der Waals surface area contributed by atoms with Gasteiger partial charge < -0.3 is 0 Å². The number of hydrogen-bond donors (Lipinski definition) is 0. The fraction of sp³-hybridized carbons (Fsp3) is 0. The first kappa shape index (κ1) is 8.20. The number of rotatable bonds is 2. The van der Waals surface area contributed by atoms with Gasteiger partial charge in [0.05, 0.1) is 0 Å². The van der Waals surface area contributed by atoms with E-state index in [4.69, 9.17) is 0 Å². The molecule has 0 unspecified atom stereocenters. The van der Waals surface area contributed by atoms with Crippen LogP contribution in [0.4, 0.5) is 0 Å². The van der Waals surface area contributed by atoms with Gasteiger partial charge in [-0.05, 0) is 35.2 Å². The van der Waals surface area contributed by atoms with E-state index >= 15 is 0 Å². The van der Waals surface area contributed by atoms with Gasteiger partial charge in [0.15, 0.2) is 0 Å². The van der Waals surface area contributed by atoms with Crippen molar-refractivity contribution in [2.24, 2.45) is 0 Å². The van der Waals surface area contributed by atoms with Crippen LogP contribution in [0.15, 0.2) is 42.0 Å². The molecule has 0 atom stereocenters. The molecule has 13 heavy (non-hydrogen) atoms. The molecule has 1 nitrogen and oxygen atoms in total. The van der Waals surface area contributed by atoms with Crippen LogP contribution >= 0.6 is 11.3 Å². The van der Waals surface area contributed by atoms with Crippen molar-refractivity contribution in [1.82, 2.24) is 4.98 Å². The van der Waals surface area contributed by atoms with Crippen molar-refractivity contribution in [1.29, 1.82) is 0 Å². The molecule has 0 bridgehead atoms. The van der Waals surface area contributed by atoms with Crippen LogP contribution in [0, 0.1) is 0 Å². The van der Waals surface area contributed by atoms with E-state index < -0.39 is 0 Å². The third-order valence-electron chi connectivity index (χ3n) is 1.69. The Hall–Kier alpha value is -1.41. The number of pyridine rings is 1. The number of hydrogen-bond acceptors (Lipinski definition) is 2. The third-order valence-corrected chi connectivity index (χ3v) is 2.53. The van der Waals surface area contributed by atoms with Gasteiger partial charge in [-0.15, -0.1) is 11.3 Å². The van der Waals surface area contributed by atoms with Crippen LogP contribution in [0.5, 0.6) is 0 Å². The van der Waals surface area contributed by atoms with E-state index in [0.29, 0.717) is 0 Å². The van der Waals surface area contributed by atoms with Crippen LogP contribution in [0.2, 0.25) is 0 Å². The molecular formula is C11H9NS. The lowest BCUT2D eigenvalue weighted by Crippen LogP contribution is -1.71. The van der Waals surface area contributed by atoms with Crippen molar-refractivity contribution in [3.63, 3.8) is 0 Å². The van der Waals surface area contributed by atoms with Gasteiger partial charge in [0.25, 0.3) is 0 Å². The molecule has 2 heteroatoms. The smallest absolute Gasteiger partial charge is 0.0273 e. The fourth-order valence-corrected chi connectivity index (χ4v) is 1.66. The van der Waals surface area contributed by atoms with Gasteiger partial charge >= 0.3 is 0 Å². The second-order valence-electron chi connectivity index (χ2n) is 2.63. The van der Waals surface area contributed by atoms with Crippen LogP contribution in [0.25, 0.3) is 12.2 Å². The molecule has 0 saturated heterocycles. The first-order valence-corrected chi connectivity index (χ1v) is 4.95. The second-order valence-corrected chi connectivity index (χ2v) is 3.61. The van der Waals surface area contributed by atoms with E-state index in [1.807, 2.05) is 12.1 Å². The summed E-state index contributed by atoms with van der Waals surface area (Å²) in [6.07, 6.45) is 7.80. The lowest BCUT2D eigenvalue weighted by atomic mass is 10.2. The molecule has 0 aliphatic heterocycles. The average molecular weight is 187 g/mol. The molecule has 2 rings (SSSR count). The van der Waals surface area contributed by atoms with Crippen molar-refractivity contribution in [2.75, 3.05) is 0 Å². The molecule has 0 spiro atoms. The molecule has 2 aromatic heterocycles. The maximum atomic E-state index is 3.96. The summed E-state index contributed by atoms with van der Waals surface area (Å²) < 4.78 is 0. The first-order chi connectivity index (χ1) is 6.45. The Morgan fingerprint density at radius 3 is 2.62 bits per heavy atom. The van der Waals surface area contributed by atoms with Gasteiger partial charge in [0.2, 0.25) is 0 Å². The van der Waals surface area contributed by atoms with Gasteiger partial charge in [-0.1, -0.05) is 12.1 Å². The molecule has 2 heterocycles. The SMILES string of the molecule is C(=C/c1cccs1)/c1ccncc1. The summed E-state index contributed by atoms with van der Waals surface area (Å²) in [6, 6.07) is 8.13. The maximum absolute atomic E-state index is 3.96. The quantitative estimate of drug-likeness (QED) is 0.702. The van der Waals surface area contributed by atoms with Crippen molar-refractivity contribution >= 4 is 23.5 Å². The molecule has 0 N–H and O–H groups in total. The second kappa shape index (κ2) is 4.01. The lowest BCUT2D eigenvalue weighted by Gasteiger charge is -1.89. The Labute approximate surface area is 81.4 Å². The van der Waals surface area contributed by atoms with Crippen molar-refractivity contribution in [2.45, 2.75) is 0 Å². The summed E-state index contributed by atoms with van der Waals surface area (Å²) in [7, 11) is 0. The van der Waals surface area contributed by atoms with Crippen LogP contribution in [0.1, 0.15) is 10.4 Å². The van der Waals surface area contributed by atoms with E-state index in [9.17, 15) is 0 Å². The van der Waals surface area contributed by atoms with E-state index in [-0.39, 0.29) is 0 Å². The molecular weight excluding hydrogens is 178 g/mol. The minimum atomic E-state index is 1.18. The molecule has 0 radical (unpaired) electrons. The zero-order chi connectivity index (χ0) is 8.93. The number of aromatic nitrogens is 1. The zero-order valence-corrected chi connectivity index (χ0v) is 7.87. The minimum Gasteiger partial charge on any atom is -0.265 e. The molecule has 0 aromatic carbocycles. The highest BCUT2D eigenvalue weighted by Crippen LogP contribution is 2.12. The molecule has 0 aliphatic rings. The third kappa shape index (κ3) is 2.26. The van der Waals surface area contributed by atoms with E-state index in [2.05, 4.69) is 34.6 Å². The van der Waals surface area contributed by atoms with Crippen LogP contribution in [0.3, 0.4) is 0 Å². The Morgan fingerprint density at radius 2 is 1.92 bits per heavy atom. The predicted molar refractivity (Wildman–Crippen MR) is 57.5 cm³/mol. The Balaban J connectivity index is 2.15. The van der Waals surface area contributed by atoms with Crippen molar-refractivity contribution in [3.05, 3.63) is 52.5 Å². The summed E-state index contributed by atoms with van der Waals surface area (Å²) in [4.78, 5) is 5.23. The van der Waals surface area contributed by atoms with Crippen LogP contribution in [-0.2, 0) is 0 Å². The summed E-state index contributed by atoms with van der Waals surface area (Å²) in [5.74, 6) is 0. The highest BCUT2D eigenvalue weighted by molar-refractivity contribution is 7.10. The summed E-state index contributed by atoms with van der Waals surface area (Å²) in [6.45, 7) is 0. The highest BCUT2D eigenvalue weighted by atomic mass is 32.1. The highest BCUT2D eigenvalue weighted by Gasteiger charge is 1.86. The van der Waals surface area contributed by atoms with Gasteiger partial charge in [-0.3, -0.25) is 4.98 Å². The largest absolute Gasteiger partial charge is 0.265 e. The normalized spacial score (nSPS) is 10.8. The summed E-state index contributed by atoms with van der Waals surface area (Å²) >= 11 is 1.74. The lowest BCUT2D eigenvalue weighted by molar-refractivity contribution is 1.32. The molecule has 2 aromatic rings. The van der Waals surface area contributed by atoms with Gasteiger partial charge in [-0.25, -0.2) is 0 Å². The molecule has 0 aliphatic carbocycles. The minimum absolute atomic E-state index is 1.18. The Bertz CT molecular complexity index is 376. The number of thiophene rings is 1. The van der Waals surface area contributed by atoms with Crippen molar-refractivity contribution < 1.29 is 0 Å². The number of nitrogens with zero attached hydrogens (tertiary/aromatic N) is 1. The van der Waals surface area contributed by atoms with Crippen LogP contribution < -0.4 is 0 Å². The predicted octanol–water partition coefficient (Wildman–Crippen LogP) is 3.31. The Kier molecular flexibility index (Phi) is 2.53. The zero-order valence-electron chi connectivity index (χ0n) is 7.05. The molecule has 0 amide bonds. The van der Waals surface area contributed by atoms with E-state index in [1.54, 1.807) is 23.7 Å². The monoisotopic (exact) mass is 187 g/mol. The maximum Gasteiger partial charge on any atom is 0.0273 e. The molecule has 64 valence electrons. The molecule has 0 saturated carbocycles. The van der Waals surface area contributed by atoms with Crippen molar-refractivity contribution in [3.8, 4) is 0 Å². The summed E-state index contributed by atoms with van der Waals surface area (Å²) in [5.41, 5.74) is 1.18. The first-order valence-electron chi connectivity index (χ1n) is 4.07. The van der Waals surface area contributed by atoms with Gasteiger partial charge in [0, 0.05) is 17.3 Å². The average Bonchev–Trinajstić information content (AvgIpc) is 2.69. The standard InChI is InChI=1S/C11H9NS/c1-2-11(13-9-1)4-3-10-5-7-12-8-6-10/h1-9H/b4-3-. The van der Waals surface area contributed by atoms with E-state index in [0.717, 1.165) is 0 Å². The summed E-state index contributed by atoms with van der Waals surface area (Å²) in [5, 5.41) is 2.08. The fourth-order valence-electron chi connectivity index (χ4n) is 1.04. The van der Waals surface area contributed by atoms with E-state index in [1.165, 1.54) is 10.4 Å². The van der Waals surface area contributed by atoms with Gasteiger partial charge in [0.1, 0.15) is 0 Å².